The maximum atomic E-state index is 10.6. The third-order valence-electron chi connectivity index (χ3n) is 4.28. The normalized spacial score (nSPS) is 14.3. The number of nitrogens with two attached hydrogens (primary N) is 1. The molecule has 3 aromatic heterocycles. The molecule has 1 unspecified atom stereocenters. The Morgan fingerprint density at radius 3 is 2.76 bits per heavy atom. The SMILES string of the molecule is CCOCc1nc2c(N)nc3cc(Br)cnc3c2n1CC(C)(O)CC. The molecule has 0 aliphatic heterocycles. The molecule has 7 nitrogen and oxygen atoms in total. The van der Waals surface area contributed by atoms with Crippen LogP contribution in [0.4, 0.5) is 5.82 Å². The number of hydrogen-bond donors (Lipinski definition) is 2. The lowest BCUT2D eigenvalue weighted by atomic mass is 10.0. The van der Waals surface area contributed by atoms with Crippen LogP contribution in [-0.2, 0) is 17.9 Å². The molecule has 0 amide bonds. The van der Waals surface area contributed by atoms with Crippen LogP contribution in [0.1, 0.15) is 33.0 Å². The first kappa shape index (κ1) is 18.0. The number of halogens is 1. The number of rotatable bonds is 6. The number of nitrogens with zero attached hydrogens (tertiary/aromatic N) is 4. The number of imidazole rings is 1. The first-order valence-electron chi connectivity index (χ1n) is 8.26. The van der Waals surface area contributed by atoms with Gasteiger partial charge in [-0.15, -0.1) is 0 Å². The van der Waals surface area contributed by atoms with E-state index in [9.17, 15) is 5.11 Å². The molecule has 3 heterocycles. The van der Waals surface area contributed by atoms with Crippen LogP contribution in [0.25, 0.3) is 22.1 Å². The summed E-state index contributed by atoms with van der Waals surface area (Å²) in [6.07, 6.45) is 2.33. The third kappa shape index (κ3) is 3.47. The van der Waals surface area contributed by atoms with Gasteiger partial charge in [-0.05, 0) is 42.3 Å². The van der Waals surface area contributed by atoms with Crippen LogP contribution in [0.2, 0.25) is 0 Å². The van der Waals surface area contributed by atoms with Gasteiger partial charge in [0.2, 0.25) is 0 Å². The predicted octanol–water partition coefficient (Wildman–Crippen LogP) is 3.02. The second kappa shape index (κ2) is 6.86. The Bertz CT molecular complexity index is 922. The standard InChI is InChI=1S/C17H22BrN5O2/c1-4-17(3,24)9-23-12(8-25-5-2)22-14-15(23)13-11(21-16(14)19)6-10(18)7-20-13/h6-7,24H,4-5,8-9H2,1-3H3,(H2,19,21). The van der Waals surface area contributed by atoms with Crippen molar-refractivity contribution in [3.63, 3.8) is 0 Å². The number of fused-ring (bicyclic) bond motifs is 3. The minimum atomic E-state index is -0.881. The smallest absolute Gasteiger partial charge is 0.152 e. The number of pyridine rings is 2. The van der Waals surface area contributed by atoms with Gasteiger partial charge in [0.1, 0.15) is 29.0 Å². The zero-order valence-corrected chi connectivity index (χ0v) is 16.2. The first-order valence-corrected chi connectivity index (χ1v) is 9.05. The summed E-state index contributed by atoms with van der Waals surface area (Å²) in [5.41, 5.74) is 8.01. The summed E-state index contributed by atoms with van der Waals surface area (Å²) in [6, 6.07) is 1.87. The lowest BCUT2D eigenvalue weighted by Gasteiger charge is -2.23. The van der Waals surface area contributed by atoms with Crippen LogP contribution >= 0.6 is 15.9 Å². The molecular weight excluding hydrogens is 386 g/mol. The molecule has 0 aliphatic carbocycles. The molecule has 1 atom stereocenters. The van der Waals surface area contributed by atoms with E-state index in [0.29, 0.717) is 54.4 Å². The maximum absolute atomic E-state index is 10.6. The van der Waals surface area contributed by atoms with Gasteiger partial charge in [-0.25, -0.2) is 9.97 Å². The van der Waals surface area contributed by atoms with Gasteiger partial charge >= 0.3 is 0 Å². The van der Waals surface area contributed by atoms with Gasteiger partial charge in [-0.2, -0.15) is 0 Å². The molecule has 134 valence electrons. The highest BCUT2D eigenvalue weighted by Gasteiger charge is 2.25. The number of aromatic nitrogens is 4. The molecule has 3 N–H and O–H groups in total. The summed E-state index contributed by atoms with van der Waals surface area (Å²) in [4.78, 5) is 13.6. The number of hydrogen-bond acceptors (Lipinski definition) is 6. The van der Waals surface area contributed by atoms with Crippen molar-refractivity contribution >= 4 is 43.8 Å². The van der Waals surface area contributed by atoms with E-state index in [-0.39, 0.29) is 0 Å². The molecule has 0 bridgehead atoms. The van der Waals surface area contributed by atoms with E-state index >= 15 is 0 Å². The van der Waals surface area contributed by atoms with Crippen molar-refractivity contribution in [1.29, 1.82) is 0 Å². The zero-order chi connectivity index (χ0) is 18.2. The Labute approximate surface area is 154 Å². The Morgan fingerprint density at radius 1 is 1.32 bits per heavy atom. The molecule has 0 aliphatic rings. The van der Waals surface area contributed by atoms with Crippen molar-refractivity contribution in [2.45, 2.75) is 45.9 Å². The molecule has 0 saturated carbocycles. The molecular formula is C17H22BrN5O2. The number of nitrogen functional groups attached to an aromatic ring is 1. The third-order valence-corrected chi connectivity index (χ3v) is 4.72. The molecule has 3 rings (SSSR count). The highest BCUT2D eigenvalue weighted by atomic mass is 79.9. The predicted molar refractivity (Wildman–Crippen MR) is 101 cm³/mol. The monoisotopic (exact) mass is 407 g/mol. The van der Waals surface area contributed by atoms with Crippen LogP contribution in [0, 0.1) is 0 Å². The van der Waals surface area contributed by atoms with Gasteiger partial charge < -0.3 is 20.1 Å². The minimum Gasteiger partial charge on any atom is -0.388 e. The van der Waals surface area contributed by atoms with Gasteiger partial charge in [-0.3, -0.25) is 4.98 Å². The summed E-state index contributed by atoms with van der Waals surface area (Å²) in [7, 11) is 0. The topological polar surface area (TPSA) is 99.1 Å². The summed E-state index contributed by atoms with van der Waals surface area (Å²) in [5, 5.41) is 10.6. The quantitative estimate of drug-likeness (QED) is 0.651. The Kier molecular flexibility index (Phi) is 4.95. The van der Waals surface area contributed by atoms with Gasteiger partial charge in [0.05, 0.1) is 17.7 Å². The average Bonchev–Trinajstić information content (AvgIpc) is 2.91. The molecule has 0 radical (unpaired) electrons. The van der Waals surface area contributed by atoms with E-state index in [0.717, 1.165) is 9.99 Å². The van der Waals surface area contributed by atoms with E-state index in [4.69, 9.17) is 10.5 Å². The highest BCUT2D eigenvalue weighted by Crippen LogP contribution is 2.30. The molecule has 25 heavy (non-hydrogen) atoms. The highest BCUT2D eigenvalue weighted by molar-refractivity contribution is 9.10. The van der Waals surface area contributed by atoms with E-state index in [1.165, 1.54) is 0 Å². The lowest BCUT2D eigenvalue weighted by Crippen LogP contribution is -2.30. The van der Waals surface area contributed by atoms with E-state index < -0.39 is 5.60 Å². The fourth-order valence-electron chi connectivity index (χ4n) is 2.72. The molecule has 0 aromatic carbocycles. The minimum absolute atomic E-state index is 0.336. The summed E-state index contributed by atoms with van der Waals surface area (Å²) in [6.45, 7) is 6.97. The molecule has 0 saturated heterocycles. The molecule has 8 heteroatoms. The summed E-state index contributed by atoms with van der Waals surface area (Å²) in [5.74, 6) is 1.05. The van der Waals surface area contributed by atoms with E-state index in [1.54, 1.807) is 13.1 Å². The van der Waals surface area contributed by atoms with Crippen molar-refractivity contribution in [2.24, 2.45) is 0 Å². The second-order valence-electron chi connectivity index (χ2n) is 6.32. The van der Waals surface area contributed by atoms with Crippen molar-refractivity contribution < 1.29 is 9.84 Å². The Hall–Kier alpha value is -1.77. The fraction of sp³-hybridized carbons (Fsp3) is 0.471. The van der Waals surface area contributed by atoms with E-state index in [2.05, 4.69) is 30.9 Å². The number of ether oxygens (including phenoxy) is 1. The fourth-order valence-corrected chi connectivity index (χ4v) is 3.04. The lowest BCUT2D eigenvalue weighted by molar-refractivity contribution is 0.0359. The number of aliphatic hydroxyl groups is 1. The summed E-state index contributed by atoms with van der Waals surface area (Å²) < 4.78 is 8.34. The molecule has 3 aromatic rings. The summed E-state index contributed by atoms with van der Waals surface area (Å²) >= 11 is 3.41. The van der Waals surface area contributed by atoms with Crippen molar-refractivity contribution in [3.05, 3.63) is 22.6 Å². The Morgan fingerprint density at radius 2 is 2.08 bits per heavy atom. The van der Waals surface area contributed by atoms with Crippen molar-refractivity contribution in [3.8, 4) is 0 Å². The molecule has 0 spiro atoms. The Balaban J connectivity index is 2.32. The number of anilines is 1. The van der Waals surface area contributed by atoms with Crippen LogP contribution in [0.15, 0.2) is 16.7 Å². The van der Waals surface area contributed by atoms with Crippen LogP contribution in [-0.4, -0.2) is 36.8 Å². The zero-order valence-electron chi connectivity index (χ0n) is 14.6. The van der Waals surface area contributed by atoms with Gasteiger partial charge in [0.15, 0.2) is 5.82 Å². The average molecular weight is 408 g/mol. The molecule has 0 fully saturated rings. The van der Waals surface area contributed by atoms with Crippen LogP contribution < -0.4 is 5.73 Å². The largest absolute Gasteiger partial charge is 0.388 e. The van der Waals surface area contributed by atoms with Gasteiger partial charge in [0, 0.05) is 17.3 Å². The van der Waals surface area contributed by atoms with Gasteiger partial charge in [-0.1, -0.05) is 6.92 Å². The van der Waals surface area contributed by atoms with Crippen molar-refractivity contribution in [1.82, 2.24) is 19.5 Å². The van der Waals surface area contributed by atoms with Gasteiger partial charge in [0.25, 0.3) is 0 Å². The van der Waals surface area contributed by atoms with E-state index in [1.807, 2.05) is 24.5 Å². The maximum Gasteiger partial charge on any atom is 0.152 e. The van der Waals surface area contributed by atoms with Crippen LogP contribution in [0.5, 0.6) is 0 Å². The second-order valence-corrected chi connectivity index (χ2v) is 7.23. The van der Waals surface area contributed by atoms with Crippen LogP contribution in [0.3, 0.4) is 0 Å². The van der Waals surface area contributed by atoms with Crippen molar-refractivity contribution in [2.75, 3.05) is 12.3 Å². The first-order chi connectivity index (χ1) is 11.9.